The molecular weight excluding hydrogens is 324 g/mol. The van der Waals surface area contributed by atoms with E-state index in [0.29, 0.717) is 0 Å². The predicted octanol–water partition coefficient (Wildman–Crippen LogP) is 2.45. The lowest BCUT2D eigenvalue weighted by atomic mass is 10.2. The van der Waals surface area contributed by atoms with Crippen molar-refractivity contribution in [2.75, 3.05) is 54.0 Å². The fraction of sp³-hybridized carbons (Fsp3) is 0.471. The molecule has 0 atom stereocenters. The van der Waals surface area contributed by atoms with Crippen LogP contribution in [0.25, 0.3) is 0 Å². The van der Waals surface area contributed by atoms with Crippen molar-refractivity contribution >= 4 is 29.1 Å². The largest absolute Gasteiger partial charge is 0.368 e. The second-order valence-corrected chi connectivity index (χ2v) is 6.70. The monoisotopic (exact) mass is 344 g/mol. The number of halogens is 1. The van der Waals surface area contributed by atoms with Gasteiger partial charge in [-0.3, -0.25) is 0 Å². The molecule has 0 spiro atoms. The van der Waals surface area contributed by atoms with Crippen molar-refractivity contribution in [1.29, 1.82) is 0 Å². The van der Waals surface area contributed by atoms with Gasteiger partial charge in [0.25, 0.3) is 0 Å². The molecule has 2 aliphatic rings. The highest BCUT2D eigenvalue weighted by atomic mass is 35.5. The van der Waals surface area contributed by atoms with Crippen LogP contribution in [-0.4, -0.2) is 54.4 Å². The highest BCUT2D eigenvalue weighted by Crippen LogP contribution is 2.23. The van der Waals surface area contributed by atoms with Crippen molar-refractivity contribution in [3.8, 4) is 0 Å². The summed E-state index contributed by atoms with van der Waals surface area (Å²) in [5.74, 6) is 1.69. The molecule has 3 heterocycles. The van der Waals surface area contributed by atoms with E-state index in [9.17, 15) is 0 Å². The molecule has 2 saturated heterocycles. The third-order valence-corrected chi connectivity index (χ3v) is 4.94. The Balaban J connectivity index is 1.43. The Kier molecular flexibility index (Phi) is 4.38. The molecule has 6 nitrogen and oxygen atoms in total. The second kappa shape index (κ2) is 6.81. The van der Waals surface area contributed by atoms with Gasteiger partial charge in [-0.15, -0.1) is 5.10 Å². The molecule has 2 aromatic rings. The summed E-state index contributed by atoms with van der Waals surface area (Å²) in [4.78, 5) is 11.6. The zero-order valence-corrected chi connectivity index (χ0v) is 14.4. The van der Waals surface area contributed by atoms with E-state index < -0.39 is 0 Å². The average Bonchev–Trinajstić information content (AvgIpc) is 3.17. The van der Waals surface area contributed by atoms with E-state index in [0.717, 1.165) is 56.1 Å². The van der Waals surface area contributed by atoms with Crippen LogP contribution >= 0.6 is 11.6 Å². The minimum absolute atomic E-state index is 0.766. The number of anilines is 3. The van der Waals surface area contributed by atoms with Gasteiger partial charge in [0.2, 0.25) is 5.95 Å². The summed E-state index contributed by atoms with van der Waals surface area (Å²) in [5, 5.41) is 9.15. The normalized spacial score (nSPS) is 18.3. The zero-order chi connectivity index (χ0) is 16.4. The molecule has 126 valence electrons. The summed E-state index contributed by atoms with van der Waals surface area (Å²) in [6.07, 6.45) is 4.20. The van der Waals surface area contributed by atoms with E-state index in [4.69, 9.17) is 16.6 Å². The Bertz CT molecular complexity index is 695. The van der Waals surface area contributed by atoms with E-state index >= 15 is 0 Å². The molecule has 0 radical (unpaired) electrons. The van der Waals surface area contributed by atoms with Gasteiger partial charge in [0.05, 0.1) is 6.20 Å². The van der Waals surface area contributed by atoms with Gasteiger partial charge < -0.3 is 14.7 Å². The van der Waals surface area contributed by atoms with Gasteiger partial charge in [0, 0.05) is 50.0 Å². The van der Waals surface area contributed by atoms with Crippen LogP contribution in [0.5, 0.6) is 0 Å². The molecule has 0 amide bonds. The van der Waals surface area contributed by atoms with Crippen molar-refractivity contribution in [2.24, 2.45) is 0 Å². The maximum atomic E-state index is 6.10. The Morgan fingerprint density at radius 2 is 1.62 bits per heavy atom. The van der Waals surface area contributed by atoms with Crippen LogP contribution in [0.15, 0.2) is 30.5 Å². The molecule has 0 saturated carbocycles. The quantitative estimate of drug-likeness (QED) is 0.852. The SMILES string of the molecule is Clc1cccc(N2CCN(c3cnnc(N4CCCC4)n3)CC2)c1. The number of nitrogens with zero attached hydrogens (tertiary/aromatic N) is 6. The summed E-state index contributed by atoms with van der Waals surface area (Å²) < 4.78 is 0. The fourth-order valence-electron chi connectivity index (χ4n) is 3.36. The molecule has 24 heavy (non-hydrogen) atoms. The van der Waals surface area contributed by atoms with Crippen LogP contribution in [-0.2, 0) is 0 Å². The van der Waals surface area contributed by atoms with Gasteiger partial charge in [-0.1, -0.05) is 17.7 Å². The van der Waals surface area contributed by atoms with E-state index in [1.807, 2.05) is 18.2 Å². The lowest BCUT2D eigenvalue weighted by Crippen LogP contribution is -2.47. The van der Waals surface area contributed by atoms with Crippen LogP contribution in [0.3, 0.4) is 0 Å². The standard InChI is InChI=1S/C17H21ClN6/c18-14-4-3-5-15(12-14)22-8-10-23(11-9-22)16-13-19-21-17(20-16)24-6-1-2-7-24/h3-5,12-13H,1-2,6-11H2. The molecule has 7 heteroatoms. The van der Waals surface area contributed by atoms with Crippen LogP contribution in [0, 0.1) is 0 Å². The van der Waals surface area contributed by atoms with Crippen molar-refractivity contribution in [3.05, 3.63) is 35.5 Å². The van der Waals surface area contributed by atoms with Gasteiger partial charge >= 0.3 is 0 Å². The van der Waals surface area contributed by atoms with Gasteiger partial charge in [-0.25, -0.2) is 0 Å². The second-order valence-electron chi connectivity index (χ2n) is 6.26. The summed E-state index contributed by atoms with van der Waals surface area (Å²) >= 11 is 6.10. The number of piperazine rings is 1. The van der Waals surface area contributed by atoms with E-state index in [2.05, 4.69) is 31.0 Å². The third-order valence-electron chi connectivity index (χ3n) is 4.70. The minimum atomic E-state index is 0.766. The number of rotatable bonds is 3. The Morgan fingerprint density at radius 1 is 0.875 bits per heavy atom. The fourth-order valence-corrected chi connectivity index (χ4v) is 3.54. The molecule has 0 bridgehead atoms. The number of hydrogen-bond acceptors (Lipinski definition) is 6. The van der Waals surface area contributed by atoms with Crippen molar-refractivity contribution in [3.63, 3.8) is 0 Å². The maximum absolute atomic E-state index is 6.10. The first-order chi connectivity index (χ1) is 11.8. The first kappa shape index (κ1) is 15.4. The summed E-state index contributed by atoms with van der Waals surface area (Å²) in [6, 6.07) is 8.04. The molecule has 2 fully saturated rings. The minimum Gasteiger partial charge on any atom is -0.368 e. The van der Waals surface area contributed by atoms with Gasteiger partial charge in [0.15, 0.2) is 5.82 Å². The lowest BCUT2D eigenvalue weighted by Gasteiger charge is -2.36. The van der Waals surface area contributed by atoms with Crippen molar-refractivity contribution < 1.29 is 0 Å². The van der Waals surface area contributed by atoms with E-state index in [-0.39, 0.29) is 0 Å². The van der Waals surface area contributed by atoms with Crippen LogP contribution in [0.4, 0.5) is 17.5 Å². The van der Waals surface area contributed by atoms with Gasteiger partial charge in [0.1, 0.15) is 0 Å². The van der Waals surface area contributed by atoms with Gasteiger partial charge in [-0.2, -0.15) is 10.1 Å². The van der Waals surface area contributed by atoms with Gasteiger partial charge in [-0.05, 0) is 31.0 Å². The summed E-state index contributed by atoms with van der Waals surface area (Å²) in [5.41, 5.74) is 1.18. The first-order valence-electron chi connectivity index (χ1n) is 8.50. The number of hydrogen-bond donors (Lipinski definition) is 0. The zero-order valence-electron chi connectivity index (χ0n) is 13.6. The lowest BCUT2D eigenvalue weighted by molar-refractivity contribution is 0.643. The Labute approximate surface area is 147 Å². The molecule has 0 N–H and O–H groups in total. The molecular formula is C17H21ClN6. The first-order valence-corrected chi connectivity index (χ1v) is 8.87. The Hall–Kier alpha value is -2.08. The molecule has 0 aliphatic carbocycles. The summed E-state index contributed by atoms with van der Waals surface area (Å²) in [6.45, 7) is 5.81. The van der Waals surface area contributed by atoms with Crippen LogP contribution < -0.4 is 14.7 Å². The molecule has 1 aromatic carbocycles. The van der Waals surface area contributed by atoms with Crippen molar-refractivity contribution in [1.82, 2.24) is 15.2 Å². The molecule has 1 aromatic heterocycles. The topological polar surface area (TPSA) is 48.4 Å². The Morgan fingerprint density at radius 3 is 2.38 bits per heavy atom. The molecule has 2 aliphatic heterocycles. The van der Waals surface area contributed by atoms with E-state index in [1.54, 1.807) is 6.20 Å². The smallest absolute Gasteiger partial charge is 0.247 e. The number of aromatic nitrogens is 3. The van der Waals surface area contributed by atoms with E-state index in [1.165, 1.54) is 18.5 Å². The molecule has 4 rings (SSSR count). The van der Waals surface area contributed by atoms with Crippen molar-refractivity contribution in [2.45, 2.75) is 12.8 Å². The highest BCUT2D eigenvalue weighted by Gasteiger charge is 2.21. The third kappa shape index (κ3) is 3.24. The summed E-state index contributed by atoms with van der Waals surface area (Å²) in [7, 11) is 0. The molecule has 0 unspecified atom stereocenters. The highest BCUT2D eigenvalue weighted by molar-refractivity contribution is 6.30. The number of benzene rings is 1. The van der Waals surface area contributed by atoms with Crippen LogP contribution in [0.1, 0.15) is 12.8 Å². The average molecular weight is 345 g/mol. The maximum Gasteiger partial charge on any atom is 0.247 e. The predicted molar refractivity (Wildman–Crippen MR) is 97.2 cm³/mol. The van der Waals surface area contributed by atoms with Crippen LogP contribution in [0.2, 0.25) is 5.02 Å².